The van der Waals surface area contributed by atoms with Crippen LogP contribution >= 0.6 is 12.2 Å². The van der Waals surface area contributed by atoms with Gasteiger partial charge >= 0.3 is 0 Å². The van der Waals surface area contributed by atoms with Gasteiger partial charge in [0.1, 0.15) is 0 Å². The van der Waals surface area contributed by atoms with Gasteiger partial charge in [0.15, 0.2) is 11.6 Å². The average molecular weight is 314 g/mol. The molecule has 116 valence electrons. The third kappa shape index (κ3) is 5.28. The fraction of sp³-hybridized carbons (Fsp3) is 0.429. The first-order chi connectivity index (χ1) is 9.99. The van der Waals surface area contributed by atoms with Gasteiger partial charge in [0, 0.05) is 32.2 Å². The van der Waals surface area contributed by atoms with E-state index in [1.54, 1.807) is 7.11 Å². The summed E-state index contributed by atoms with van der Waals surface area (Å²) in [4.78, 5) is 14.3. The molecular formula is C14H19FN2O3S. The van der Waals surface area contributed by atoms with E-state index >= 15 is 0 Å². The minimum Gasteiger partial charge on any atom is -0.494 e. The third-order valence-electron chi connectivity index (χ3n) is 2.88. The number of carbonyl (C=O) groups excluding carboxylic acids is 1. The van der Waals surface area contributed by atoms with Crippen LogP contribution in [0.1, 0.15) is 16.8 Å². The van der Waals surface area contributed by atoms with Crippen LogP contribution in [0.15, 0.2) is 18.2 Å². The van der Waals surface area contributed by atoms with E-state index in [0.29, 0.717) is 31.1 Å². The number of hydrogen-bond acceptors (Lipinski definition) is 4. The Balaban J connectivity index is 2.87. The molecule has 0 aliphatic heterocycles. The molecule has 0 saturated heterocycles. The van der Waals surface area contributed by atoms with Crippen molar-refractivity contribution in [1.82, 2.24) is 4.90 Å². The minimum absolute atomic E-state index is 0.0955. The average Bonchev–Trinajstić information content (AvgIpc) is 2.46. The van der Waals surface area contributed by atoms with Gasteiger partial charge in [-0.3, -0.25) is 4.79 Å². The summed E-state index contributed by atoms with van der Waals surface area (Å²) in [6, 6.07) is 4.09. The SMILES string of the molecule is COCCN(CCC(N)=S)C(=O)c1ccc(OC)c(F)c1. The largest absolute Gasteiger partial charge is 0.494 e. The van der Waals surface area contributed by atoms with E-state index in [-0.39, 0.29) is 17.2 Å². The second-order valence-corrected chi connectivity index (χ2v) is 4.88. The number of thiocarbonyl (C=S) groups is 1. The standard InChI is InChI=1S/C14H19FN2O3S/c1-19-8-7-17(6-5-13(16)21)14(18)10-3-4-12(20-2)11(15)9-10/h3-4,9H,5-8H2,1-2H3,(H2,16,21). The molecule has 1 amide bonds. The van der Waals surface area contributed by atoms with Crippen molar-refractivity contribution >= 4 is 23.1 Å². The fourth-order valence-corrected chi connectivity index (χ4v) is 1.83. The van der Waals surface area contributed by atoms with E-state index in [9.17, 15) is 9.18 Å². The summed E-state index contributed by atoms with van der Waals surface area (Å²) in [5.41, 5.74) is 5.70. The number of ether oxygens (including phenoxy) is 2. The molecule has 0 aromatic heterocycles. The normalized spacial score (nSPS) is 10.2. The zero-order valence-corrected chi connectivity index (χ0v) is 12.9. The maximum Gasteiger partial charge on any atom is 0.254 e. The molecule has 5 nitrogen and oxygen atoms in total. The van der Waals surface area contributed by atoms with Gasteiger partial charge in [0.2, 0.25) is 0 Å². The van der Waals surface area contributed by atoms with E-state index in [4.69, 9.17) is 27.4 Å². The Morgan fingerprint density at radius 3 is 2.62 bits per heavy atom. The number of benzene rings is 1. The monoisotopic (exact) mass is 314 g/mol. The second-order valence-electron chi connectivity index (χ2n) is 4.35. The van der Waals surface area contributed by atoms with Crippen LogP contribution in [0, 0.1) is 5.82 Å². The number of hydrogen-bond donors (Lipinski definition) is 1. The predicted octanol–water partition coefficient (Wildman–Crippen LogP) is 1.60. The van der Waals surface area contributed by atoms with E-state index < -0.39 is 5.82 Å². The van der Waals surface area contributed by atoms with Crippen LogP contribution in [0.3, 0.4) is 0 Å². The van der Waals surface area contributed by atoms with Gasteiger partial charge < -0.3 is 20.1 Å². The number of amides is 1. The fourth-order valence-electron chi connectivity index (χ4n) is 1.74. The van der Waals surface area contributed by atoms with E-state index in [2.05, 4.69) is 0 Å². The van der Waals surface area contributed by atoms with Crippen LogP contribution in [0.5, 0.6) is 5.75 Å². The van der Waals surface area contributed by atoms with Crippen LogP contribution < -0.4 is 10.5 Å². The zero-order chi connectivity index (χ0) is 15.8. The molecule has 0 saturated carbocycles. The van der Waals surface area contributed by atoms with Crippen molar-refractivity contribution in [2.75, 3.05) is 33.9 Å². The predicted molar refractivity (Wildman–Crippen MR) is 82.1 cm³/mol. The van der Waals surface area contributed by atoms with Gasteiger partial charge in [-0.15, -0.1) is 0 Å². The molecule has 21 heavy (non-hydrogen) atoms. The van der Waals surface area contributed by atoms with Gasteiger partial charge in [-0.2, -0.15) is 0 Å². The van der Waals surface area contributed by atoms with Gasteiger partial charge in [0.25, 0.3) is 5.91 Å². The van der Waals surface area contributed by atoms with Gasteiger partial charge in [0.05, 0.1) is 18.7 Å². The maximum absolute atomic E-state index is 13.7. The number of rotatable bonds is 8. The van der Waals surface area contributed by atoms with Crippen LogP contribution in [0.2, 0.25) is 0 Å². The quantitative estimate of drug-likeness (QED) is 0.738. The van der Waals surface area contributed by atoms with Crippen molar-refractivity contribution in [1.29, 1.82) is 0 Å². The maximum atomic E-state index is 13.7. The lowest BCUT2D eigenvalue weighted by Gasteiger charge is -2.22. The molecule has 1 aromatic carbocycles. The van der Waals surface area contributed by atoms with Crippen molar-refractivity contribution in [2.45, 2.75) is 6.42 Å². The highest BCUT2D eigenvalue weighted by Crippen LogP contribution is 2.18. The molecule has 0 aliphatic rings. The van der Waals surface area contributed by atoms with E-state index in [1.807, 2.05) is 0 Å². The lowest BCUT2D eigenvalue weighted by Crippen LogP contribution is -2.36. The Morgan fingerprint density at radius 1 is 1.38 bits per heavy atom. The molecular weight excluding hydrogens is 295 g/mol. The Kier molecular flexibility index (Phi) is 7.04. The topological polar surface area (TPSA) is 64.8 Å². The third-order valence-corrected chi connectivity index (χ3v) is 3.08. The second kappa shape index (κ2) is 8.53. The Labute approximate surface area is 128 Å². The molecule has 0 fully saturated rings. The molecule has 7 heteroatoms. The lowest BCUT2D eigenvalue weighted by molar-refractivity contribution is 0.0700. The molecule has 0 spiro atoms. The summed E-state index contributed by atoms with van der Waals surface area (Å²) in [5.74, 6) is -0.785. The number of carbonyl (C=O) groups is 1. The highest BCUT2D eigenvalue weighted by molar-refractivity contribution is 7.80. The van der Waals surface area contributed by atoms with Crippen LogP contribution in [-0.4, -0.2) is 49.7 Å². The molecule has 1 rings (SSSR count). The summed E-state index contributed by atoms with van der Waals surface area (Å²) in [5, 5.41) is 0. The molecule has 2 N–H and O–H groups in total. The van der Waals surface area contributed by atoms with Crippen molar-refractivity contribution < 1.29 is 18.7 Å². The van der Waals surface area contributed by atoms with Crippen molar-refractivity contribution in [3.05, 3.63) is 29.6 Å². The molecule has 1 aromatic rings. The van der Waals surface area contributed by atoms with Crippen molar-refractivity contribution in [2.24, 2.45) is 5.73 Å². The lowest BCUT2D eigenvalue weighted by atomic mass is 10.1. The summed E-state index contributed by atoms with van der Waals surface area (Å²) in [6.07, 6.45) is 0.406. The molecule has 0 bridgehead atoms. The molecule has 0 heterocycles. The molecule has 0 atom stereocenters. The Morgan fingerprint density at radius 2 is 2.10 bits per heavy atom. The number of nitrogens with zero attached hydrogens (tertiary/aromatic N) is 1. The van der Waals surface area contributed by atoms with Crippen molar-refractivity contribution in [3.8, 4) is 5.75 Å². The first-order valence-corrected chi connectivity index (χ1v) is 6.80. The Bertz CT molecular complexity index is 511. The first-order valence-electron chi connectivity index (χ1n) is 6.39. The molecule has 0 unspecified atom stereocenters. The zero-order valence-electron chi connectivity index (χ0n) is 12.1. The first kappa shape index (κ1) is 17.3. The van der Waals surface area contributed by atoms with Gasteiger partial charge in [-0.25, -0.2) is 4.39 Å². The van der Waals surface area contributed by atoms with E-state index in [0.717, 1.165) is 6.07 Å². The summed E-state index contributed by atoms with van der Waals surface area (Å²) >= 11 is 4.82. The summed E-state index contributed by atoms with van der Waals surface area (Å²) < 4.78 is 23.5. The van der Waals surface area contributed by atoms with Crippen molar-refractivity contribution in [3.63, 3.8) is 0 Å². The van der Waals surface area contributed by atoms with Crippen LogP contribution in [-0.2, 0) is 4.74 Å². The Hall–Kier alpha value is -1.73. The number of halogens is 1. The smallest absolute Gasteiger partial charge is 0.254 e. The molecule has 0 aliphatic carbocycles. The summed E-state index contributed by atoms with van der Waals surface area (Å²) in [7, 11) is 2.91. The molecule has 0 radical (unpaired) electrons. The minimum atomic E-state index is -0.579. The van der Waals surface area contributed by atoms with Gasteiger partial charge in [-0.05, 0) is 18.2 Å². The number of nitrogens with two attached hydrogens (primary N) is 1. The highest BCUT2D eigenvalue weighted by atomic mass is 32.1. The van der Waals surface area contributed by atoms with Crippen LogP contribution in [0.4, 0.5) is 4.39 Å². The van der Waals surface area contributed by atoms with E-state index in [1.165, 1.54) is 24.1 Å². The highest BCUT2D eigenvalue weighted by Gasteiger charge is 2.17. The van der Waals surface area contributed by atoms with Gasteiger partial charge in [-0.1, -0.05) is 12.2 Å². The number of methoxy groups -OCH3 is 2. The summed E-state index contributed by atoms with van der Waals surface area (Å²) in [6.45, 7) is 1.12. The van der Waals surface area contributed by atoms with Crippen LogP contribution in [0.25, 0.3) is 0 Å².